The average Bonchev–Trinajstić information content (AvgIpc) is 2.47. The molecule has 112 valence electrons. The number of likely N-dealkylation sites (tertiary alicyclic amines) is 1. The smallest absolute Gasteiger partial charge is 0.258 e. The van der Waals surface area contributed by atoms with E-state index in [-0.39, 0.29) is 18.2 Å². The zero-order chi connectivity index (χ0) is 14.8. The van der Waals surface area contributed by atoms with Crippen LogP contribution in [0.2, 0.25) is 5.02 Å². The van der Waals surface area contributed by atoms with Gasteiger partial charge in [-0.05, 0) is 37.6 Å². The zero-order valence-corrected chi connectivity index (χ0v) is 12.4. The third-order valence-electron chi connectivity index (χ3n) is 4.03. The number of hydrogen-bond donors (Lipinski definition) is 2. The number of halogens is 1. The van der Waals surface area contributed by atoms with Crippen LogP contribution >= 0.6 is 11.6 Å². The molecule has 3 rings (SSSR count). The van der Waals surface area contributed by atoms with Gasteiger partial charge in [0.2, 0.25) is 0 Å². The number of aliphatic hydroxyl groups is 1. The quantitative estimate of drug-likeness (QED) is 0.909. The third kappa shape index (κ3) is 3.10. The molecule has 21 heavy (non-hydrogen) atoms. The van der Waals surface area contributed by atoms with Crippen molar-refractivity contribution >= 4 is 22.5 Å². The third-order valence-corrected chi connectivity index (χ3v) is 4.27. The van der Waals surface area contributed by atoms with Crippen molar-refractivity contribution < 1.29 is 5.11 Å². The number of fused-ring (bicyclic) bond motifs is 1. The SMILES string of the molecule is O=c1[nH]c(CN2CCCC[C@H]2CO)nc2cc(Cl)ccc12. The van der Waals surface area contributed by atoms with Crippen molar-refractivity contribution in [3.05, 3.63) is 39.4 Å². The first-order valence-electron chi connectivity index (χ1n) is 7.21. The lowest BCUT2D eigenvalue weighted by molar-refractivity contribution is 0.0819. The molecule has 1 fully saturated rings. The molecule has 0 amide bonds. The number of H-pyrrole nitrogens is 1. The Labute approximate surface area is 127 Å². The Balaban J connectivity index is 1.91. The number of aromatic nitrogens is 2. The predicted molar refractivity (Wildman–Crippen MR) is 82.5 cm³/mol. The Kier molecular flexibility index (Phi) is 4.24. The first-order valence-corrected chi connectivity index (χ1v) is 7.58. The van der Waals surface area contributed by atoms with E-state index >= 15 is 0 Å². The molecule has 6 heteroatoms. The molecule has 2 heterocycles. The van der Waals surface area contributed by atoms with E-state index in [1.165, 1.54) is 0 Å². The van der Waals surface area contributed by atoms with Gasteiger partial charge in [0.25, 0.3) is 5.56 Å². The molecule has 1 aromatic heterocycles. The summed E-state index contributed by atoms with van der Waals surface area (Å²) >= 11 is 5.97. The highest BCUT2D eigenvalue weighted by molar-refractivity contribution is 6.31. The van der Waals surface area contributed by atoms with Crippen molar-refractivity contribution in [2.24, 2.45) is 0 Å². The molecule has 1 aliphatic rings. The van der Waals surface area contributed by atoms with E-state index < -0.39 is 0 Å². The molecule has 1 atom stereocenters. The second-order valence-corrected chi connectivity index (χ2v) is 5.91. The van der Waals surface area contributed by atoms with Gasteiger partial charge in [0.05, 0.1) is 24.1 Å². The van der Waals surface area contributed by atoms with Crippen molar-refractivity contribution in [3.63, 3.8) is 0 Å². The minimum absolute atomic E-state index is 0.143. The molecule has 0 spiro atoms. The molecule has 5 nitrogen and oxygen atoms in total. The largest absolute Gasteiger partial charge is 0.395 e. The van der Waals surface area contributed by atoms with Crippen LogP contribution in [0.3, 0.4) is 0 Å². The maximum atomic E-state index is 12.1. The zero-order valence-electron chi connectivity index (χ0n) is 11.7. The van der Waals surface area contributed by atoms with Gasteiger partial charge >= 0.3 is 0 Å². The Hall–Kier alpha value is -1.43. The molecule has 0 bridgehead atoms. The average molecular weight is 308 g/mol. The summed E-state index contributed by atoms with van der Waals surface area (Å²) in [5.74, 6) is 0.620. The van der Waals surface area contributed by atoms with E-state index in [1.807, 2.05) is 0 Å². The number of piperidine rings is 1. The Morgan fingerprint density at radius 2 is 2.29 bits per heavy atom. The monoisotopic (exact) mass is 307 g/mol. The van der Waals surface area contributed by atoms with Crippen molar-refractivity contribution in [2.75, 3.05) is 13.2 Å². The predicted octanol–water partition coefficient (Wildman–Crippen LogP) is 1.92. The van der Waals surface area contributed by atoms with Crippen LogP contribution in [0.4, 0.5) is 0 Å². The van der Waals surface area contributed by atoms with Crippen LogP contribution in [0, 0.1) is 0 Å². The van der Waals surface area contributed by atoms with Crippen LogP contribution in [0.5, 0.6) is 0 Å². The number of aliphatic hydroxyl groups excluding tert-OH is 1. The summed E-state index contributed by atoms with van der Waals surface area (Å²) in [6.07, 6.45) is 3.24. The van der Waals surface area contributed by atoms with Gasteiger partial charge in [-0.15, -0.1) is 0 Å². The molecule has 1 saturated heterocycles. The summed E-state index contributed by atoms with van der Waals surface area (Å²) in [6, 6.07) is 5.23. The van der Waals surface area contributed by atoms with Crippen LogP contribution in [0.1, 0.15) is 25.1 Å². The highest BCUT2D eigenvalue weighted by Gasteiger charge is 2.22. The van der Waals surface area contributed by atoms with Crippen LogP contribution in [-0.4, -0.2) is 39.2 Å². The molecule has 0 unspecified atom stereocenters. The maximum absolute atomic E-state index is 12.1. The summed E-state index contributed by atoms with van der Waals surface area (Å²) in [6.45, 7) is 1.61. The second-order valence-electron chi connectivity index (χ2n) is 5.48. The highest BCUT2D eigenvalue weighted by atomic mass is 35.5. The van der Waals surface area contributed by atoms with Gasteiger partial charge in [-0.2, -0.15) is 0 Å². The van der Waals surface area contributed by atoms with E-state index in [4.69, 9.17) is 11.6 Å². The topological polar surface area (TPSA) is 69.2 Å². The van der Waals surface area contributed by atoms with Gasteiger partial charge in [0.1, 0.15) is 5.82 Å². The van der Waals surface area contributed by atoms with Crippen molar-refractivity contribution in [1.29, 1.82) is 0 Å². The molecular formula is C15H18ClN3O2. The van der Waals surface area contributed by atoms with E-state index in [2.05, 4.69) is 14.9 Å². The van der Waals surface area contributed by atoms with Crippen LogP contribution in [0.25, 0.3) is 10.9 Å². The lowest BCUT2D eigenvalue weighted by Gasteiger charge is -2.34. The van der Waals surface area contributed by atoms with Gasteiger partial charge in [0, 0.05) is 11.1 Å². The minimum Gasteiger partial charge on any atom is -0.395 e. The second kappa shape index (κ2) is 6.13. The van der Waals surface area contributed by atoms with Gasteiger partial charge in [-0.1, -0.05) is 18.0 Å². The summed E-state index contributed by atoms with van der Waals surface area (Å²) in [5, 5.41) is 10.6. The van der Waals surface area contributed by atoms with Gasteiger partial charge in [0.15, 0.2) is 0 Å². The lowest BCUT2D eigenvalue weighted by atomic mass is 10.0. The summed E-state index contributed by atoms with van der Waals surface area (Å²) < 4.78 is 0. The number of nitrogens with zero attached hydrogens (tertiary/aromatic N) is 2. The van der Waals surface area contributed by atoms with Crippen molar-refractivity contribution in [1.82, 2.24) is 14.9 Å². The Morgan fingerprint density at radius 3 is 3.10 bits per heavy atom. The summed E-state index contributed by atoms with van der Waals surface area (Å²) in [7, 11) is 0. The van der Waals surface area contributed by atoms with Crippen LogP contribution in [-0.2, 0) is 6.54 Å². The first-order chi connectivity index (χ1) is 10.2. The van der Waals surface area contributed by atoms with Crippen molar-refractivity contribution in [3.8, 4) is 0 Å². The fourth-order valence-electron chi connectivity index (χ4n) is 2.90. The molecule has 2 aromatic rings. The minimum atomic E-state index is -0.149. The molecule has 2 N–H and O–H groups in total. The van der Waals surface area contributed by atoms with Gasteiger partial charge < -0.3 is 10.1 Å². The molecule has 1 aromatic carbocycles. The molecular weight excluding hydrogens is 290 g/mol. The number of hydrogen-bond acceptors (Lipinski definition) is 4. The fourth-order valence-corrected chi connectivity index (χ4v) is 3.07. The van der Waals surface area contributed by atoms with E-state index in [0.29, 0.717) is 28.3 Å². The lowest BCUT2D eigenvalue weighted by Crippen LogP contribution is -2.41. The van der Waals surface area contributed by atoms with Gasteiger partial charge in [-0.3, -0.25) is 9.69 Å². The molecule has 0 radical (unpaired) electrons. The Bertz CT molecular complexity index is 701. The van der Waals surface area contributed by atoms with Crippen molar-refractivity contribution in [2.45, 2.75) is 31.8 Å². The number of nitrogens with one attached hydrogen (secondary N) is 1. The van der Waals surface area contributed by atoms with Crippen LogP contribution < -0.4 is 5.56 Å². The van der Waals surface area contributed by atoms with E-state index in [0.717, 1.165) is 25.8 Å². The highest BCUT2D eigenvalue weighted by Crippen LogP contribution is 2.19. The Morgan fingerprint density at radius 1 is 1.43 bits per heavy atom. The van der Waals surface area contributed by atoms with E-state index in [1.54, 1.807) is 18.2 Å². The van der Waals surface area contributed by atoms with Gasteiger partial charge in [-0.25, -0.2) is 4.98 Å². The van der Waals surface area contributed by atoms with Crippen LogP contribution in [0.15, 0.2) is 23.0 Å². The molecule has 0 aliphatic carbocycles. The fraction of sp³-hybridized carbons (Fsp3) is 0.467. The normalized spacial score (nSPS) is 20.0. The number of benzene rings is 1. The first kappa shape index (κ1) is 14.5. The number of aromatic amines is 1. The summed E-state index contributed by atoms with van der Waals surface area (Å²) in [4.78, 5) is 21.6. The van der Waals surface area contributed by atoms with E-state index in [9.17, 15) is 9.90 Å². The summed E-state index contributed by atoms with van der Waals surface area (Å²) in [5.41, 5.74) is 0.461. The molecule has 0 saturated carbocycles. The molecule has 1 aliphatic heterocycles. The number of rotatable bonds is 3. The standard InChI is InChI=1S/C15H18ClN3O2/c16-10-4-5-12-13(7-10)17-14(18-15(12)21)8-19-6-2-1-3-11(19)9-20/h4-5,7,11,20H,1-3,6,8-9H2,(H,17,18,21)/t11-/m0/s1. The maximum Gasteiger partial charge on any atom is 0.258 e.